The van der Waals surface area contributed by atoms with Crippen LogP contribution in [0.5, 0.6) is 0 Å². The van der Waals surface area contributed by atoms with Gasteiger partial charge in [-0.25, -0.2) is 4.68 Å². The first-order valence-electron chi connectivity index (χ1n) is 7.40. The van der Waals surface area contributed by atoms with Crippen LogP contribution in [0.2, 0.25) is 0 Å². The van der Waals surface area contributed by atoms with Gasteiger partial charge >= 0.3 is 0 Å². The van der Waals surface area contributed by atoms with Crippen LogP contribution in [0.3, 0.4) is 0 Å². The van der Waals surface area contributed by atoms with Crippen LogP contribution in [0.4, 0.5) is 0 Å². The molecule has 2 aromatic rings. The molecule has 0 spiro atoms. The van der Waals surface area contributed by atoms with Gasteiger partial charge in [0.15, 0.2) is 0 Å². The number of nitrogens with zero attached hydrogens (tertiary/aromatic N) is 2. The average molecular weight is 301 g/mol. The fourth-order valence-corrected chi connectivity index (χ4v) is 2.98. The molecule has 1 aliphatic carbocycles. The molecule has 0 fully saturated rings. The third kappa shape index (κ3) is 2.34. The zero-order chi connectivity index (χ0) is 15.9. The maximum absolute atomic E-state index is 12.6. The van der Waals surface area contributed by atoms with Gasteiger partial charge in [-0.15, -0.1) is 0 Å². The molecule has 2 aromatic heterocycles. The van der Waals surface area contributed by atoms with Crippen molar-refractivity contribution in [3.63, 3.8) is 0 Å². The lowest BCUT2D eigenvalue weighted by molar-refractivity contribution is 0.0929. The molecular weight excluding hydrogens is 282 g/mol. The van der Waals surface area contributed by atoms with Gasteiger partial charge in [0.1, 0.15) is 11.3 Å². The largest absolute Gasteiger partial charge is 0.469 e. The molecule has 1 N–H and O–H groups in total. The number of furan rings is 1. The first-order valence-corrected chi connectivity index (χ1v) is 7.40. The van der Waals surface area contributed by atoms with E-state index in [0.717, 1.165) is 30.6 Å². The summed E-state index contributed by atoms with van der Waals surface area (Å²) in [5.74, 6) is 0.578. The molecule has 1 aliphatic rings. The second kappa shape index (κ2) is 5.44. The zero-order valence-electron chi connectivity index (χ0n) is 13.0. The van der Waals surface area contributed by atoms with Gasteiger partial charge in [0.05, 0.1) is 18.0 Å². The lowest BCUT2D eigenvalue weighted by Gasteiger charge is -2.23. The van der Waals surface area contributed by atoms with Crippen LogP contribution >= 0.6 is 0 Å². The molecule has 0 aromatic carbocycles. The molecule has 0 radical (unpaired) electrons. The molecule has 1 atom stereocenters. The Bertz CT molecular complexity index is 788. The maximum Gasteiger partial charge on any atom is 0.279 e. The normalized spacial score (nSPS) is 17.1. The van der Waals surface area contributed by atoms with E-state index < -0.39 is 0 Å². The number of hydrogen-bond acceptors (Lipinski definition) is 4. The highest BCUT2D eigenvalue weighted by atomic mass is 16.3. The first-order chi connectivity index (χ1) is 10.5. The fourth-order valence-electron chi connectivity index (χ4n) is 2.98. The Morgan fingerprint density at radius 3 is 3.00 bits per heavy atom. The monoisotopic (exact) mass is 301 g/mol. The maximum atomic E-state index is 12.6. The van der Waals surface area contributed by atoms with Crippen molar-refractivity contribution >= 4 is 5.91 Å². The molecule has 0 saturated carbocycles. The molecule has 1 unspecified atom stereocenters. The van der Waals surface area contributed by atoms with Crippen molar-refractivity contribution in [2.75, 3.05) is 0 Å². The summed E-state index contributed by atoms with van der Waals surface area (Å²) in [7, 11) is 1.56. The van der Waals surface area contributed by atoms with E-state index in [2.05, 4.69) is 10.4 Å². The fraction of sp³-hybridized carbons (Fsp3) is 0.438. The number of nitrogens with one attached hydrogen (secondary N) is 1. The second-order valence-corrected chi connectivity index (χ2v) is 5.73. The van der Waals surface area contributed by atoms with Crippen LogP contribution in [0.15, 0.2) is 21.5 Å². The predicted molar refractivity (Wildman–Crippen MR) is 80.8 cm³/mol. The minimum absolute atomic E-state index is 0.104. The molecule has 22 heavy (non-hydrogen) atoms. The van der Waals surface area contributed by atoms with Crippen molar-refractivity contribution in [3.05, 3.63) is 50.8 Å². The van der Waals surface area contributed by atoms with E-state index in [1.807, 2.05) is 6.07 Å². The average Bonchev–Trinajstić information content (AvgIpc) is 2.95. The molecule has 0 saturated heterocycles. The number of rotatable bonds is 2. The van der Waals surface area contributed by atoms with Gasteiger partial charge in [0.2, 0.25) is 0 Å². The summed E-state index contributed by atoms with van der Waals surface area (Å²) in [6, 6.07) is 1.79. The first kappa shape index (κ1) is 14.6. The SMILES string of the molecule is Cc1nn(C)c(=O)c(C(=O)NC2CCCc3occc32)c1C. The lowest BCUT2D eigenvalue weighted by atomic mass is 9.93. The van der Waals surface area contributed by atoms with E-state index in [9.17, 15) is 9.59 Å². The number of carbonyl (C=O) groups is 1. The molecule has 1 amide bonds. The van der Waals surface area contributed by atoms with Crippen molar-refractivity contribution in [1.82, 2.24) is 15.1 Å². The van der Waals surface area contributed by atoms with Crippen LogP contribution in [0.1, 0.15) is 51.8 Å². The summed E-state index contributed by atoms with van der Waals surface area (Å²) in [5, 5.41) is 7.07. The van der Waals surface area contributed by atoms with Gasteiger partial charge in [-0.1, -0.05) is 0 Å². The Kier molecular flexibility index (Phi) is 3.60. The highest BCUT2D eigenvalue weighted by Crippen LogP contribution is 2.30. The van der Waals surface area contributed by atoms with E-state index in [-0.39, 0.29) is 23.1 Å². The number of aromatic nitrogens is 2. The molecule has 3 rings (SSSR count). The van der Waals surface area contributed by atoms with Crippen LogP contribution in [-0.4, -0.2) is 15.7 Å². The predicted octanol–water partition coefficient (Wildman–Crippen LogP) is 1.80. The Morgan fingerprint density at radius 2 is 2.23 bits per heavy atom. The third-order valence-corrected chi connectivity index (χ3v) is 4.31. The van der Waals surface area contributed by atoms with Crippen molar-refractivity contribution in [1.29, 1.82) is 0 Å². The summed E-state index contributed by atoms with van der Waals surface area (Å²) < 4.78 is 6.64. The van der Waals surface area contributed by atoms with Crippen molar-refractivity contribution in [3.8, 4) is 0 Å². The Morgan fingerprint density at radius 1 is 1.45 bits per heavy atom. The lowest BCUT2D eigenvalue weighted by Crippen LogP contribution is -2.37. The van der Waals surface area contributed by atoms with Gasteiger partial charge < -0.3 is 9.73 Å². The summed E-state index contributed by atoms with van der Waals surface area (Å²) >= 11 is 0. The summed E-state index contributed by atoms with van der Waals surface area (Å²) in [6.07, 6.45) is 4.35. The molecule has 0 aliphatic heterocycles. The number of fused-ring (bicyclic) bond motifs is 1. The quantitative estimate of drug-likeness (QED) is 0.917. The van der Waals surface area contributed by atoms with E-state index in [4.69, 9.17) is 4.42 Å². The van der Waals surface area contributed by atoms with Gasteiger partial charge in [-0.05, 0) is 38.3 Å². The van der Waals surface area contributed by atoms with Gasteiger partial charge in [0.25, 0.3) is 11.5 Å². The van der Waals surface area contributed by atoms with Crippen LogP contribution in [0.25, 0.3) is 0 Å². The Hall–Kier alpha value is -2.37. The van der Waals surface area contributed by atoms with E-state index in [1.54, 1.807) is 27.2 Å². The number of carbonyl (C=O) groups excluding carboxylic acids is 1. The van der Waals surface area contributed by atoms with Crippen molar-refractivity contribution < 1.29 is 9.21 Å². The molecule has 0 bridgehead atoms. The molecule has 2 heterocycles. The number of amides is 1. The molecule has 6 heteroatoms. The summed E-state index contributed by atoms with van der Waals surface area (Å²) in [6.45, 7) is 3.54. The highest BCUT2D eigenvalue weighted by molar-refractivity contribution is 5.95. The number of aryl methyl sites for hydroxylation is 3. The highest BCUT2D eigenvalue weighted by Gasteiger charge is 2.26. The molecule has 6 nitrogen and oxygen atoms in total. The van der Waals surface area contributed by atoms with Crippen LogP contribution in [-0.2, 0) is 13.5 Å². The second-order valence-electron chi connectivity index (χ2n) is 5.73. The number of hydrogen-bond donors (Lipinski definition) is 1. The van der Waals surface area contributed by atoms with Gasteiger partial charge in [-0.3, -0.25) is 9.59 Å². The smallest absolute Gasteiger partial charge is 0.279 e. The Labute approximate surface area is 128 Å². The molecular formula is C16H19N3O3. The third-order valence-electron chi connectivity index (χ3n) is 4.31. The van der Waals surface area contributed by atoms with E-state index in [1.165, 1.54) is 4.68 Å². The van der Waals surface area contributed by atoms with Crippen LogP contribution in [0, 0.1) is 13.8 Å². The topological polar surface area (TPSA) is 77.1 Å². The minimum Gasteiger partial charge on any atom is -0.469 e. The van der Waals surface area contributed by atoms with Gasteiger partial charge in [-0.2, -0.15) is 5.10 Å². The van der Waals surface area contributed by atoms with Crippen LogP contribution < -0.4 is 10.9 Å². The minimum atomic E-state index is -0.371. The van der Waals surface area contributed by atoms with Gasteiger partial charge in [0, 0.05) is 19.0 Å². The molecule has 116 valence electrons. The standard InChI is InChI=1S/C16H19N3O3/c1-9-10(2)18-19(3)16(21)14(9)15(20)17-12-5-4-6-13-11(12)7-8-22-13/h7-8,12H,4-6H2,1-3H3,(H,17,20). The van der Waals surface area contributed by atoms with Crippen molar-refractivity contribution in [2.45, 2.75) is 39.2 Å². The summed E-state index contributed by atoms with van der Waals surface area (Å²) in [4.78, 5) is 24.8. The Balaban J connectivity index is 1.93. The van der Waals surface area contributed by atoms with Crippen molar-refractivity contribution in [2.24, 2.45) is 7.05 Å². The van der Waals surface area contributed by atoms with E-state index in [0.29, 0.717) is 11.3 Å². The van der Waals surface area contributed by atoms with E-state index >= 15 is 0 Å². The summed E-state index contributed by atoms with van der Waals surface area (Å²) in [5.41, 5.74) is 2.12. The zero-order valence-corrected chi connectivity index (χ0v) is 13.0.